The fourth-order valence-electron chi connectivity index (χ4n) is 2.64. The number of amides is 1. The van der Waals surface area contributed by atoms with Crippen LogP contribution < -0.4 is 4.90 Å². The predicted molar refractivity (Wildman–Crippen MR) is 85.7 cm³/mol. The quantitative estimate of drug-likeness (QED) is 0.931. The Morgan fingerprint density at radius 2 is 1.79 bits per heavy atom. The van der Waals surface area contributed by atoms with Crippen LogP contribution in [-0.4, -0.2) is 53.0 Å². The van der Waals surface area contributed by atoms with Gasteiger partial charge in [-0.15, -0.1) is 0 Å². The number of hydrogen-bond acceptors (Lipinski definition) is 4. The minimum Gasteiger partial charge on any atom is -0.478 e. The fourth-order valence-corrected chi connectivity index (χ4v) is 2.64. The van der Waals surface area contributed by atoms with Crippen molar-refractivity contribution in [3.8, 4) is 0 Å². The molecule has 0 spiro atoms. The van der Waals surface area contributed by atoms with Gasteiger partial charge in [-0.25, -0.2) is 14.2 Å². The molecule has 1 aliphatic rings. The smallest absolute Gasteiger partial charge is 0.337 e. The van der Waals surface area contributed by atoms with E-state index in [2.05, 4.69) is 4.98 Å². The second-order valence-corrected chi connectivity index (χ2v) is 5.50. The minimum atomic E-state index is -1.01. The van der Waals surface area contributed by atoms with Crippen LogP contribution in [0.25, 0.3) is 0 Å². The molecular formula is C17H16FN3O3. The lowest BCUT2D eigenvalue weighted by Crippen LogP contribution is -2.49. The number of aromatic nitrogens is 1. The average Bonchev–Trinajstić information content (AvgIpc) is 2.61. The third kappa shape index (κ3) is 3.34. The van der Waals surface area contributed by atoms with Crippen molar-refractivity contribution in [3.63, 3.8) is 0 Å². The minimum absolute atomic E-state index is 0.138. The number of carbonyl (C=O) groups is 2. The summed E-state index contributed by atoms with van der Waals surface area (Å²) in [4.78, 5) is 31.0. The molecule has 0 unspecified atom stereocenters. The van der Waals surface area contributed by atoms with Crippen LogP contribution in [0.1, 0.15) is 20.7 Å². The van der Waals surface area contributed by atoms with E-state index in [1.165, 1.54) is 30.5 Å². The zero-order valence-corrected chi connectivity index (χ0v) is 12.9. The van der Waals surface area contributed by atoms with Gasteiger partial charge in [0.2, 0.25) is 0 Å². The van der Waals surface area contributed by atoms with Crippen LogP contribution in [-0.2, 0) is 0 Å². The average molecular weight is 329 g/mol. The maximum Gasteiger partial charge on any atom is 0.337 e. The molecule has 3 rings (SSSR count). The molecule has 2 aromatic rings. The number of carboxylic acids is 1. The molecule has 0 radical (unpaired) electrons. The molecule has 1 aliphatic heterocycles. The number of pyridine rings is 1. The largest absolute Gasteiger partial charge is 0.478 e. The molecule has 1 N–H and O–H groups in total. The van der Waals surface area contributed by atoms with Crippen molar-refractivity contribution in [2.24, 2.45) is 0 Å². The molecule has 0 bridgehead atoms. The number of nitrogens with zero attached hydrogens (tertiary/aromatic N) is 3. The summed E-state index contributed by atoms with van der Waals surface area (Å²) in [5, 5.41) is 8.89. The highest BCUT2D eigenvalue weighted by Gasteiger charge is 2.23. The Bertz CT molecular complexity index is 756. The summed E-state index contributed by atoms with van der Waals surface area (Å²) in [7, 11) is 0. The van der Waals surface area contributed by atoms with E-state index < -0.39 is 11.8 Å². The van der Waals surface area contributed by atoms with Gasteiger partial charge in [0, 0.05) is 37.9 Å². The lowest BCUT2D eigenvalue weighted by molar-refractivity contribution is 0.0694. The van der Waals surface area contributed by atoms with Crippen LogP contribution in [0.3, 0.4) is 0 Å². The highest BCUT2D eigenvalue weighted by Crippen LogP contribution is 2.16. The number of aromatic carboxylic acids is 1. The highest BCUT2D eigenvalue weighted by molar-refractivity contribution is 5.94. The van der Waals surface area contributed by atoms with Gasteiger partial charge in [0.15, 0.2) is 0 Å². The lowest BCUT2D eigenvalue weighted by Gasteiger charge is -2.35. The van der Waals surface area contributed by atoms with E-state index in [1.54, 1.807) is 17.0 Å². The van der Waals surface area contributed by atoms with Crippen molar-refractivity contribution in [2.45, 2.75) is 0 Å². The Balaban J connectivity index is 1.63. The summed E-state index contributed by atoms with van der Waals surface area (Å²) < 4.78 is 13.2. The van der Waals surface area contributed by atoms with Crippen molar-refractivity contribution in [1.82, 2.24) is 9.88 Å². The summed E-state index contributed by atoms with van der Waals surface area (Å²) in [5.74, 6) is -0.956. The Hall–Kier alpha value is -2.96. The number of carbonyl (C=O) groups excluding carboxylic acids is 1. The first-order valence-electron chi connectivity index (χ1n) is 7.54. The monoisotopic (exact) mass is 329 g/mol. The molecule has 0 saturated carbocycles. The standard InChI is InChI=1S/C17H16FN3O3/c18-14-3-1-2-12(10-14)16(22)21-8-6-20(7-9-21)15-5-4-13(11-19-15)17(23)24/h1-5,10-11H,6-9H2,(H,23,24). The first-order valence-corrected chi connectivity index (χ1v) is 7.54. The van der Waals surface area contributed by atoms with Gasteiger partial charge in [0.05, 0.1) is 5.56 Å². The van der Waals surface area contributed by atoms with Gasteiger partial charge in [0.1, 0.15) is 11.6 Å². The van der Waals surface area contributed by atoms with E-state index in [0.717, 1.165) is 0 Å². The van der Waals surface area contributed by atoms with Crippen LogP contribution in [0.4, 0.5) is 10.2 Å². The first-order chi connectivity index (χ1) is 11.5. The van der Waals surface area contributed by atoms with E-state index >= 15 is 0 Å². The number of hydrogen-bond donors (Lipinski definition) is 1. The first kappa shape index (κ1) is 15.9. The van der Waals surface area contributed by atoms with Crippen molar-refractivity contribution < 1.29 is 19.1 Å². The van der Waals surface area contributed by atoms with Crippen LogP contribution in [0.15, 0.2) is 42.6 Å². The Morgan fingerprint density at radius 3 is 2.38 bits per heavy atom. The Morgan fingerprint density at radius 1 is 1.04 bits per heavy atom. The summed E-state index contributed by atoms with van der Waals surface area (Å²) in [6.45, 7) is 2.16. The highest BCUT2D eigenvalue weighted by atomic mass is 19.1. The van der Waals surface area contributed by atoms with Crippen LogP contribution >= 0.6 is 0 Å². The maximum absolute atomic E-state index is 13.2. The number of benzene rings is 1. The Labute approximate surface area is 138 Å². The molecule has 0 atom stereocenters. The van der Waals surface area contributed by atoms with E-state index in [4.69, 9.17) is 5.11 Å². The van der Waals surface area contributed by atoms with Crippen molar-refractivity contribution in [1.29, 1.82) is 0 Å². The Kier molecular flexibility index (Phi) is 4.41. The van der Waals surface area contributed by atoms with E-state index in [0.29, 0.717) is 37.6 Å². The lowest BCUT2D eigenvalue weighted by atomic mass is 10.1. The molecule has 7 heteroatoms. The maximum atomic E-state index is 13.2. The zero-order chi connectivity index (χ0) is 17.1. The van der Waals surface area contributed by atoms with Crippen LogP contribution in [0, 0.1) is 5.82 Å². The molecule has 1 amide bonds. The van der Waals surface area contributed by atoms with E-state index in [1.807, 2.05) is 4.90 Å². The van der Waals surface area contributed by atoms with E-state index in [9.17, 15) is 14.0 Å². The van der Waals surface area contributed by atoms with Crippen molar-refractivity contribution in [3.05, 3.63) is 59.5 Å². The molecule has 1 aromatic carbocycles. The summed E-state index contributed by atoms with van der Waals surface area (Å²) in [6.07, 6.45) is 1.32. The van der Waals surface area contributed by atoms with Crippen LogP contribution in [0.5, 0.6) is 0 Å². The molecule has 2 heterocycles. The van der Waals surface area contributed by atoms with Crippen molar-refractivity contribution in [2.75, 3.05) is 31.1 Å². The molecule has 1 fully saturated rings. The van der Waals surface area contributed by atoms with E-state index in [-0.39, 0.29) is 11.5 Å². The zero-order valence-electron chi connectivity index (χ0n) is 12.9. The van der Waals surface area contributed by atoms with Gasteiger partial charge in [-0.3, -0.25) is 4.79 Å². The van der Waals surface area contributed by atoms with Gasteiger partial charge in [-0.1, -0.05) is 6.07 Å². The van der Waals surface area contributed by atoms with Gasteiger partial charge in [-0.2, -0.15) is 0 Å². The van der Waals surface area contributed by atoms with Gasteiger partial charge >= 0.3 is 5.97 Å². The second kappa shape index (κ2) is 6.66. The third-order valence-electron chi connectivity index (χ3n) is 3.96. The number of piperazine rings is 1. The number of rotatable bonds is 3. The van der Waals surface area contributed by atoms with Crippen molar-refractivity contribution >= 4 is 17.7 Å². The summed E-state index contributed by atoms with van der Waals surface area (Å²) >= 11 is 0. The fraction of sp³-hybridized carbons (Fsp3) is 0.235. The van der Waals surface area contributed by atoms with Gasteiger partial charge in [-0.05, 0) is 30.3 Å². The third-order valence-corrected chi connectivity index (χ3v) is 3.96. The number of carboxylic acid groups (broad SMARTS) is 1. The molecule has 0 aliphatic carbocycles. The molecule has 1 aromatic heterocycles. The topological polar surface area (TPSA) is 73.7 Å². The molecular weight excluding hydrogens is 313 g/mol. The van der Waals surface area contributed by atoms with Crippen LogP contribution in [0.2, 0.25) is 0 Å². The van der Waals surface area contributed by atoms with Gasteiger partial charge < -0.3 is 14.9 Å². The second-order valence-electron chi connectivity index (χ2n) is 5.50. The summed E-state index contributed by atoms with van der Waals surface area (Å²) in [6, 6.07) is 8.83. The SMILES string of the molecule is O=C(O)c1ccc(N2CCN(C(=O)c3cccc(F)c3)CC2)nc1. The molecule has 6 nitrogen and oxygen atoms in total. The summed E-state index contributed by atoms with van der Waals surface area (Å²) in [5.41, 5.74) is 0.478. The molecule has 124 valence electrons. The molecule has 1 saturated heterocycles. The number of halogens is 1. The number of anilines is 1. The molecule has 24 heavy (non-hydrogen) atoms. The predicted octanol–water partition coefficient (Wildman–Crippen LogP) is 1.88. The normalized spacial score (nSPS) is 14.5. The van der Waals surface area contributed by atoms with Gasteiger partial charge in [0.25, 0.3) is 5.91 Å².